The first kappa shape index (κ1) is 12.5. The first-order valence-electron chi connectivity index (χ1n) is 5.28. The molecule has 0 radical (unpaired) electrons. The normalized spacial score (nSPS) is 11.8. The van der Waals surface area contributed by atoms with E-state index in [1.807, 2.05) is 32.0 Å². The fraction of sp³-hybridized carbons (Fsp3) is 0.167. The van der Waals surface area contributed by atoms with Gasteiger partial charge in [-0.3, -0.25) is 0 Å². The molecule has 1 aromatic carbocycles. The molecule has 0 aliphatic carbocycles. The fourth-order valence-corrected chi connectivity index (χ4v) is 2.34. The number of hydrogen-bond donors (Lipinski definition) is 2. The summed E-state index contributed by atoms with van der Waals surface area (Å²) in [6, 6.07) is 5.70. The molecule has 0 atom stereocenters. The van der Waals surface area contributed by atoms with Crippen LogP contribution in [-0.4, -0.2) is 16.0 Å². The van der Waals surface area contributed by atoms with Gasteiger partial charge in [0, 0.05) is 10.5 Å². The quantitative estimate of drug-likeness (QED) is 0.385. The smallest absolute Gasteiger partial charge is 0.260 e. The number of rotatable bonds is 3. The second kappa shape index (κ2) is 5.14. The Labute approximate surface area is 109 Å². The lowest BCUT2D eigenvalue weighted by molar-refractivity contribution is 0.318. The predicted molar refractivity (Wildman–Crippen MR) is 69.1 cm³/mol. The Morgan fingerprint density at radius 2 is 2.22 bits per heavy atom. The first-order valence-corrected chi connectivity index (χ1v) is 6.10. The topological polar surface area (TPSA) is 84.6 Å². The Bertz CT molecular complexity index is 593. The molecule has 6 heteroatoms. The molecule has 0 fully saturated rings. The van der Waals surface area contributed by atoms with Gasteiger partial charge in [0.1, 0.15) is 6.26 Å². The summed E-state index contributed by atoms with van der Waals surface area (Å²) < 4.78 is 5.28. The van der Waals surface area contributed by atoms with E-state index in [1.54, 1.807) is 6.26 Å². The Balaban J connectivity index is 2.38. The minimum Gasteiger partial charge on any atom is -0.439 e. The number of aromatic nitrogens is 1. The Kier molecular flexibility index (Phi) is 3.57. The Morgan fingerprint density at radius 3 is 2.83 bits per heavy atom. The van der Waals surface area contributed by atoms with Crippen LogP contribution in [0.2, 0.25) is 0 Å². The molecule has 1 aromatic heterocycles. The second-order valence-corrected chi connectivity index (χ2v) is 4.83. The van der Waals surface area contributed by atoms with E-state index in [0.29, 0.717) is 10.8 Å². The van der Waals surface area contributed by atoms with Crippen LogP contribution in [0.3, 0.4) is 0 Å². The van der Waals surface area contributed by atoms with Crippen LogP contribution in [0.5, 0.6) is 0 Å². The summed E-state index contributed by atoms with van der Waals surface area (Å²) in [6.45, 7) is 3.80. The van der Waals surface area contributed by atoms with Crippen molar-refractivity contribution in [3.05, 3.63) is 41.3 Å². The van der Waals surface area contributed by atoms with Gasteiger partial charge in [-0.1, -0.05) is 16.8 Å². The summed E-state index contributed by atoms with van der Waals surface area (Å²) in [5.74, 6) is 0.0736. The van der Waals surface area contributed by atoms with Gasteiger partial charge in [-0.25, -0.2) is 4.98 Å². The zero-order valence-corrected chi connectivity index (χ0v) is 10.9. The number of nitrogens with zero attached hydrogens (tertiary/aromatic N) is 2. The van der Waals surface area contributed by atoms with E-state index >= 15 is 0 Å². The summed E-state index contributed by atoms with van der Waals surface area (Å²) in [5, 5.41) is 12.4. The van der Waals surface area contributed by atoms with Crippen LogP contribution in [0, 0.1) is 13.8 Å². The number of benzene rings is 1. The average Bonchev–Trinajstić information content (AvgIpc) is 2.76. The highest BCUT2D eigenvalue weighted by molar-refractivity contribution is 7.99. The van der Waals surface area contributed by atoms with Gasteiger partial charge in [-0.15, -0.1) is 0 Å². The molecular formula is C12H13N3O2S. The van der Waals surface area contributed by atoms with Crippen LogP contribution in [0.1, 0.15) is 16.8 Å². The maximum absolute atomic E-state index is 8.79. The van der Waals surface area contributed by atoms with Gasteiger partial charge in [-0.05, 0) is 37.7 Å². The minimum atomic E-state index is 0.0736. The van der Waals surface area contributed by atoms with Gasteiger partial charge < -0.3 is 15.4 Å². The second-order valence-electron chi connectivity index (χ2n) is 3.84. The summed E-state index contributed by atoms with van der Waals surface area (Å²) >= 11 is 1.34. The molecule has 5 nitrogen and oxygen atoms in total. The predicted octanol–water partition coefficient (Wildman–Crippen LogP) is 2.54. The lowest BCUT2D eigenvalue weighted by atomic mass is 10.1. The van der Waals surface area contributed by atoms with E-state index in [2.05, 4.69) is 10.1 Å². The number of hydrogen-bond acceptors (Lipinski definition) is 5. The van der Waals surface area contributed by atoms with Crippen molar-refractivity contribution in [3.8, 4) is 0 Å². The van der Waals surface area contributed by atoms with Crippen LogP contribution in [0.4, 0.5) is 0 Å². The SMILES string of the molecule is Cc1ccc(Sc2nc(C)co2)c(/C(N)=N/O)c1. The maximum Gasteiger partial charge on any atom is 0.260 e. The van der Waals surface area contributed by atoms with Gasteiger partial charge in [0.25, 0.3) is 5.22 Å². The highest BCUT2D eigenvalue weighted by atomic mass is 32.2. The van der Waals surface area contributed by atoms with E-state index in [0.717, 1.165) is 16.2 Å². The molecule has 0 saturated heterocycles. The zero-order chi connectivity index (χ0) is 13.1. The van der Waals surface area contributed by atoms with Crippen LogP contribution in [-0.2, 0) is 0 Å². The monoisotopic (exact) mass is 263 g/mol. The average molecular weight is 263 g/mol. The van der Waals surface area contributed by atoms with Crippen molar-refractivity contribution in [3.63, 3.8) is 0 Å². The summed E-state index contributed by atoms with van der Waals surface area (Å²) in [7, 11) is 0. The molecule has 2 aromatic rings. The van der Waals surface area contributed by atoms with Gasteiger partial charge in [0.05, 0.1) is 5.69 Å². The van der Waals surface area contributed by atoms with Gasteiger partial charge in [0.2, 0.25) is 0 Å². The molecule has 0 bridgehead atoms. The van der Waals surface area contributed by atoms with E-state index in [-0.39, 0.29) is 5.84 Å². The van der Waals surface area contributed by atoms with Crippen LogP contribution in [0.25, 0.3) is 0 Å². The summed E-state index contributed by atoms with van der Waals surface area (Å²) in [6.07, 6.45) is 1.58. The van der Waals surface area contributed by atoms with Crippen molar-refractivity contribution in [2.24, 2.45) is 10.9 Å². The first-order chi connectivity index (χ1) is 8.60. The molecule has 1 heterocycles. The maximum atomic E-state index is 8.79. The Morgan fingerprint density at radius 1 is 1.44 bits per heavy atom. The molecule has 0 spiro atoms. The lowest BCUT2D eigenvalue weighted by Gasteiger charge is -2.06. The lowest BCUT2D eigenvalue weighted by Crippen LogP contribution is -2.14. The summed E-state index contributed by atoms with van der Waals surface area (Å²) in [4.78, 5) is 5.04. The van der Waals surface area contributed by atoms with Crippen molar-refractivity contribution < 1.29 is 9.62 Å². The number of aryl methyl sites for hydroxylation is 2. The number of nitrogens with two attached hydrogens (primary N) is 1. The highest BCUT2D eigenvalue weighted by Crippen LogP contribution is 2.30. The van der Waals surface area contributed by atoms with Gasteiger partial charge in [0.15, 0.2) is 5.84 Å². The minimum absolute atomic E-state index is 0.0736. The van der Waals surface area contributed by atoms with Crippen molar-refractivity contribution in [1.29, 1.82) is 0 Å². The molecule has 0 saturated carbocycles. The number of oxime groups is 1. The van der Waals surface area contributed by atoms with Crippen molar-refractivity contribution in [1.82, 2.24) is 4.98 Å². The molecule has 0 unspecified atom stereocenters. The van der Waals surface area contributed by atoms with E-state index < -0.39 is 0 Å². The molecule has 2 rings (SSSR count). The number of amidine groups is 1. The molecule has 94 valence electrons. The molecule has 3 N–H and O–H groups in total. The fourth-order valence-electron chi connectivity index (χ4n) is 1.46. The highest BCUT2D eigenvalue weighted by Gasteiger charge is 2.11. The van der Waals surface area contributed by atoms with Crippen molar-refractivity contribution in [2.75, 3.05) is 0 Å². The molecular weight excluding hydrogens is 250 g/mol. The zero-order valence-electron chi connectivity index (χ0n) is 10.0. The van der Waals surface area contributed by atoms with E-state index in [9.17, 15) is 0 Å². The van der Waals surface area contributed by atoms with Crippen molar-refractivity contribution in [2.45, 2.75) is 24.0 Å². The van der Waals surface area contributed by atoms with Crippen LogP contribution >= 0.6 is 11.8 Å². The van der Waals surface area contributed by atoms with E-state index in [4.69, 9.17) is 15.4 Å². The summed E-state index contributed by atoms with van der Waals surface area (Å²) in [5.41, 5.74) is 8.17. The van der Waals surface area contributed by atoms with Crippen LogP contribution in [0.15, 0.2) is 44.2 Å². The van der Waals surface area contributed by atoms with Gasteiger partial charge >= 0.3 is 0 Å². The third-order valence-electron chi connectivity index (χ3n) is 2.31. The number of oxazole rings is 1. The van der Waals surface area contributed by atoms with Crippen LogP contribution < -0.4 is 5.73 Å². The standard InChI is InChI=1S/C12H13N3O2S/c1-7-3-4-10(9(5-7)11(13)15-16)18-12-14-8(2)6-17-12/h3-6,16H,1-2H3,(H2,13,15). The third kappa shape index (κ3) is 2.65. The van der Waals surface area contributed by atoms with Crippen molar-refractivity contribution >= 4 is 17.6 Å². The molecule has 0 aliphatic heterocycles. The Hall–Kier alpha value is -1.95. The molecule has 18 heavy (non-hydrogen) atoms. The van der Waals surface area contributed by atoms with E-state index in [1.165, 1.54) is 11.8 Å². The molecule has 0 amide bonds. The molecule has 0 aliphatic rings. The largest absolute Gasteiger partial charge is 0.439 e. The third-order valence-corrected chi connectivity index (χ3v) is 3.25. The van der Waals surface area contributed by atoms with Gasteiger partial charge in [-0.2, -0.15) is 0 Å².